The van der Waals surface area contributed by atoms with E-state index in [1.165, 1.54) is 0 Å². The van der Waals surface area contributed by atoms with Crippen LogP contribution >= 0.6 is 0 Å². The smallest absolute Gasteiger partial charge is 0.337 e. The van der Waals surface area contributed by atoms with Crippen LogP contribution in [0.5, 0.6) is 0 Å². The fraction of sp³-hybridized carbons (Fsp3) is 0.625. The molecule has 3 heterocycles. The van der Waals surface area contributed by atoms with Crippen molar-refractivity contribution < 1.29 is 19.1 Å². The molecule has 1 aromatic carbocycles. The maximum absolute atomic E-state index is 14.6. The first-order valence-corrected chi connectivity index (χ1v) is 14.7. The topological polar surface area (TPSA) is 55.8 Å². The number of hydrogen-bond donors (Lipinski definition) is 0. The first-order valence-electron chi connectivity index (χ1n) is 14.7. The Morgan fingerprint density at radius 1 is 1.08 bits per heavy atom. The highest BCUT2D eigenvalue weighted by atomic mass is 16.6. The molecule has 4 aliphatic carbocycles. The average Bonchev–Trinajstić information content (AvgIpc) is 3.38. The van der Waals surface area contributed by atoms with Crippen molar-refractivity contribution in [1.29, 1.82) is 0 Å². The third kappa shape index (κ3) is 2.43. The summed E-state index contributed by atoms with van der Waals surface area (Å²) in [4.78, 5) is 30.4. The van der Waals surface area contributed by atoms with E-state index in [0.29, 0.717) is 0 Å². The second kappa shape index (κ2) is 7.81. The lowest BCUT2D eigenvalue weighted by molar-refractivity contribution is -0.206. The molecule has 0 aromatic heterocycles. The van der Waals surface area contributed by atoms with Crippen molar-refractivity contribution in [2.24, 2.45) is 17.3 Å². The number of nitrogens with zero attached hydrogens (tertiary/aromatic N) is 1. The molecule has 3 aliphatic heterocycles. The van der Waals surface area contributed by atoms with Gasteiger partial charge in [-0.2, -0.15) is 0 Å². The molecule has 196 valence electrons. The van der Waals surface area contributed by atoms with Gasteiger partial charge >= 0.3 is 5.97 Å². The highest BCUT2D eigenvalue weighted by Crippen LogP contribution is 2.82. The lowest BCUT2D eigenvalue weighted by Gasteiger charge is -2.60. The number of rotatable bonds is 7. The summed E-state index contributed by atoms with van der Waals surface area (Å²) in [6.45, 7) is 6.59. The lowest BCUT2D eigenvalue weighted by atomic mass is 9.42. The van der Waals surface area contributed by atoms with Crippen LogP contribution < -0.4 is 0 Å². The van der Waals surface area contributed by atoms with Crippen molar-refractivity contribution in [3.8, 4) is 0 Å². The van der Waals surface area contributed by atoms with E-state index in [4.69, 9.17) is 9.47 Å². The second-order valence-electron chi connectivity index (χ2n) is 12.3. The van der Waals surface area contributed by atoms with Crippen molar-refractivity contribution in [2.75, 3.05) is 0 Å². The SMILES string of the molecule is CCCC[C@@]12O[C@]34CCCC=C3C(=O)O[C@@]43[C@H](CCC)[C@@H]4C=C(C(=O)N1[C@@H](C)c1ccccc1)[C@]32CC4. The van der Waals surface area contributed by atoms with Crippen LogP contribution in [0.4, 0.5) is 0 Å². The molecule has 5 nitrogen and oxygen atoms in total. The monoisotopic (exact) mass is 501 g/mol. The summed E-state index contributed by atoms with van der Waals surface area (Å²) >= 11 is 0. The number of carbonyl (C=O) groups is 2. The molecule has 0 unspecified atom stereocenters. The maximum Gasteiger partial charge on any atom is 0.337 e. The summed E-state index contributed by atoms with van der Waals surface area (Å²) in [7, 11) is 0. The Balaban J connectivity index is 1.54. The van der Waals surface area contributed by atoms with Gasteiger partial charge in [0.1, 0.15) is 5.60 Å². The van der Waals surface area contributed by atoms with Crippen LogP contribution in [0.15, 0.2) is 53.6 Å². The Kier molecular flexibility index (Phi) is 5.00. The van der Waals surface area contributed by atoms with Crippen molar-refractivity contribution in [3.05, 3.63) is 59.2 Å². The van der Waals surface area contributed by atoms with Crippen molar-refractivity contribution in [3.63, 3.8) is 0 Å². The van der Waals surface area contributed by atoms with Gasteiger partial charge in [0.15, 0.2) is 11.3 Å². The van der Waals surface area contributed by atoms with E-state index in [1.54, 1.807) is 0 Å². The van der Waals surface area contributed by atoms with Gasteiger partial charge in [-0.15, -0.1) is 0 Å². The molecule has 4 fully saturated rings. The number of allylic oxidation sites excluding steroid dienone is 2. The Hall–Kier alpha value is -2.40. The molecule has 1 saturated carbocycles. The Labute approximate surface area is 220 Å². The molecule has 7 atom stereocenters. The molecule has 0 N–H and O–H groups in total. The van der Waals surface area contributed by atoms with Crippen molar-refractivity contribution >= 4 is 11.9 Å². The molecule has 8 rings (SSSR count). The molecular formula is C32H39NO4. The van der Waals surface area contributed by atoms with Gasteiger partial charge in [0.25, 0.3) is 5.91 Å². The minimum absolute atomic E-state index is 0.0885. The lowest BCUT2D eigenvalue weighted by Crippen LogP contribution is -2.69. The first-order chi connectivity index (χ1) is 17.9. The van der Waals surface area contributed by atoms with Gasteiger partial charge in [0, 0.05) is 11.5 Å². The fourth-order valence-corrected chi connectivity index (χ4v) is 9.85. The number of amides is 1. The number of unbranched alkanes of at least 4 members (excludes halogenated alkanes) is 1. The van der Waals surface area contributed by atoms with E-state index in [2.05, 4.69) is 50.0 Å². The highest BCUT2D eigenvalue weighted by Gasteiger charge is 2.93. The summed E-state index contributed by atoms with van der Waals surface area (Å²) < 4.78 is 14.5. The number of ether oxygens (including phenoxy) is 2. The predicted molar refractivity (Wildman–Crippen MR) is 140 cm³/mol. The number of carbonyl (C=O) groups excluding carboxylic acids is 2. The Morgan fingerprint density at radius 3 is 2.65 bits per heavy atom. The van der Waals surface area contributed by atoms with Crippen LogP contribution in [0.2, 0.25) is 0 Å². The summed E-state index contributed by atoms with van der Waals surface area (Å²) in [5, 5.41) is 0. The Bertz CT molecular complexity index is 1220. The zero-order chi connectivity index (χ0) is 25.6. The van der Waals surface area contributed by atoms with Gasteiger partial charge in [-0.1, -0.05) is 69.2 Å². The summed E-state index contributed by atoms with van der Waals surface area (Å²) in [5.41, 5.74) is -0.296. The summed E-state index contributed by atoms with van der Waals surface area (Å²) in [6.07, 6.45) is 13.7. The van der Waals surface area contributed by atoms with Crippen LogP contribution in [0, 0.1) is 17.3 Å². The number of likely N-dealkylation sites (tertiary alicyclic amines) is 1. The maximum atomic E-state index is 14.6. The van der Waals surface area contributed by atoms with Crippen LogP contribution in [0.25, 0.3) is 0 Å². The van der Waals surface area contributed by atoms with Gasteiger partial charge in [-0.3, -0.25) is 4.79 Å². The molecule has 1 amide bonds. The van der Waals surface area contributed by atoms with Gasteiger partial charge < -0.3 is 14.4 Å². The Morgan fingerprint density at radius 2 is 1.89 bits per heavy atom. The standard InChI is InChI=1S/C32H39NO4/c1-4-6-18-31-29-19-16-23(20-26(29)27(34)33(31)21(3)22-13-8-7-9-14-22)24(12-5-2)32(29)30(37-31)17-11-10-15-25(30)28(35)36-32/h7-9,13-15,20-21,23-24H,4-6,10-12,16-19H2,1-3H3/t21-,23-,24+,29-,30+,31-,32+/m0/s1. The predicted octanol–water partition coefficient (Wildman–Crippen LogP) is 6.40. The van der Waals surface area contributed by atoms with Crippen molar-refractivity contribution in [2.45, 2.75) is 108 Å². The second-order valence-corrected chi connectivity index (χ2v) is 12.3. The minimum atomic E-state index is -0.824. The van der Waals surface area contributed by atoms with Crippen LogP contribution in [0.1, 0.15) is 96.6 Å². The molecule has 7 aliphatic rings. The van der Waals surface area contributed by atoms with Crippen molar-refractivity contribution in [1.82, 2.24) is 4.90 Å². The van der Waals surface area contributed by atoms with E-state index >= 15 is 0 Å². The number of benzene rings is 1. The zero-order valence-corrected chi connectivity index (χ0v) is 22.4. The van der Waals surface area contributed by atoms with Gasteiger partial charge in [0.2, 0.25) is 0 Å². The molecule has 0 radical (unpaired) electrons. The molecule has 1 aromatic rings. The fourth-order valence-electron chi connectivity index (χ4n) is 9.85. The number of fused-ring (bicyclic) bond motifs is 1. The van der Waals surface area contributed by atoms with Gasteiger partial charge in [0.05, 0.1) is 17.0 Å². The number of esters is 1. The highest BCUT2D eigenvalue weighted by molar-refractivity contribution is 6.03. The third-order valence-electron chi connectivity index (χ3n) is 10.9. The van der Waals surface area contributed by atoms with E-state index in [0.717, 1.165) is 80.9 Å². The summed E-state index contributed by atoms with van der Waals surface area (Å²) in [6, 6.07) is 10.2. The van der Waals surface area contributed by atoms with Crippen LogP contribution in [-0.4, -0.2) is 33.7 Å². The molecule has 3 saturated heterocycles. The van der Waals surface area contributed by atoms with E-state index < -0.39 is 22.3 Å². The average molecular weight is 502 g/mol. The zero-order valence-electron chi connectivity index (χ0n) is 22.4. The molecule has 2 bridgehead atoms. The summed E-state index contributed by atoms with van der Waals surface area (Å²) in [5.74, 6) is 0.300. The molecule has 5 heteroatoms. The minimum Gasteiger partial charge on any atom is -0.451 e. The van der Waals surface area contributed by atoms with Gasteiger partial charge in [-0.25, -0.2) is 4.79 Å². The number of hydrogen-bond acceptors (Lipinski definition) is 4. The third-order valence-corrected chi connectivity index (χ3v) is 10.9. The van der Waals surface area contributed by atoms with Crippen LogP contribution in [-0.2, 0) is 19.1 Å². The van der Waals surface area contributed by atoms with E-state index in [1.807, 2.05) is 18.2 Å². The van der Waals surface area contributed by atoms with Crippen LogP contribution in [0.3, 0.4) is 0 Å². The molecule has 37 heavy (non-hydrogen) atoms. The molecule has 3 spiro atoms. The largest absolute Gasteiger partial charge is 0.451 e. The normalized spacial score (nSPS) is 41.6. The quantitative estimate of drug-likeness (QED) is 0.406. The van der Waals surface area contributed by atoms with Gasteiger partial charge in [-0.05, 0) is 69.8 Å². The first kappa shape index (κ1) is 23.7. The van der Waals surface area contributed by atoms with E-state index in [-0.39, 0.29) is 29.8 Å². The molecular weight excluding hydrogens is 462 g/mol. The van der Waals surface area contributed by atoms with E-state index in [9.17, 15) is 9.59 Å².